The minimum Gasteiger partial charge on any atom is -0.317 e. The normalized spacial score (nSPS) is 14.7. The smallest absolute Gasteiger partial charge is 0.317 e. The van der Waals surface area contributed by atoms with Gasteiger partial charge in [-0.05, 0) is 30.3 Å². The van der Waals surface area contributed by atoms with Crippen molar-refractivity contribution in [2.24, 2.45) is 0 Å². The molecular formula is C14H12ClN3O. The van der Waals surface area contributed by atoms with Crippen molar-refractivity contribution >= 4 is 29.0 Å². The van der Waals surface area contributed by atoms with E-state index >= 15 is 0 Å². The second kappa shape index (κ2) is 4.82. The number of nitrogens with one attached hydrogen (secondary N) is 1. The van der Waals surface area contributed by atoms with Crippen molar-refractivity contribution in [3.8, 4) is 0 Å². The highest BCUT2D eigenvalue weighted by Gasteiger charge is 2.30. The maximum atomic E-state index is 12.0. The highest BCUT2D eigenvalue weighted by atomic mass is 35.5. The van der Waals surface area contributed by atoms with Crippen LogP contribution in [0.5, 0.6) is 0 Å². The molecule has 1 saturated heterocycles. The van der Waals surface area contributed by atoms with Gasteiger partial charge in [0.15, 0.2) is 0 Å². The third kappa shape index (κ3) is 2.22. The molecule has 0 bridgehead atoms. The van der Waals surface area contributed by atoms with Crippen molar-refractivity contribution in [3.05, 3.63) is 59.6 Å². The van der Waals surface area contributed by atoms with Crippen LogP contribution < -0.4 is 15.3 Å². The quantitative estimate of drug-likeness (QED) is 0.912. The minimum atomic E-state index is -0.161. The molecule has 0 atom stereocenters. The summed E-state index contributed by atoms with van der Waals surface area (Å²) in [5.74, 6) is 0. The number of anilines is 2. The van der Waals surface area contributed by atoms with Gasteiger partial charge in [0.25, 0.3) is 0 Å². The lowest BCUT2D eigenvalue weighted by molar-refractivity contribution is 0.252. The van der Waals surface area contributed by atoms with Crippen molar-refractivity contribution in [3.63, 3.8) is 0 Å². The van der Waals surface area contributed by atoms with Gasteiger partial charge in [-0.2, -0.15) is 0 Å². The molecule has 96 valence electrons. The Morgan fingerprint density at radius 2 is 1.74 bits per heavy atom. The van der Waals surface area contributed by atoms with E-state index in [1.807, 2.05) is 47.5 Å². The lowest BCUT2D eigenvalue weighted by atomic mass is 10.3. The number of halogens is 1. The zero-order chi connectivity index (χ0) is 13.2. The molecule has 1 heterocycles. The molecule has 2 aromatic rings. The van der Waals surface area contributed by atoms with Gasteiger partial charge in [-0.25, -0.2) is 9.80 Å². The fraction of sp³-hybridized carbons (Fsp3) is 0.0714. The number of carbonyl (C=O) groups excluding carboxylic acids is 1. The van der Waals surface area contributed by atoms with Crippen LogP contribution in [0.1, 0.15) is 0 Å². The topological polar surface area (TPSA) is 35.6 Å². The average Bonchev–Trinajstić information content (AvgIpc) is 2.82. The van der Waals surface area contributed by atoms with Crippen molar-refractivity contribution in [2.75, 3.05) is 16.7 Å². The predicted octanol–water partition coefficient (Wildman–Crippen LogP) is 3.25. The molecule has 0 saturated carbocycles. The number of hydrogen-bond donors (Lipinski definition) is 1. The zero-order valence-electron chi connectivity index (χ0n) is 10.1. The van der Waals surface area contributed by atoms with Gasteiger partial charge in [-0.15, -0.1) is 0 Å². The van der Waals surface area contributed by atoms with Gasteiger partial charge in [0.1, 0.15) is 6.67 Å². The van der Waals surface area contributed by atoms with Crippen molar-refractivity contribution in [1.29, 1.82) is 0 Å². The van der Waals surface area contributed by atoms with E-state index in [-0.39, 0.29) is 6.03 Å². The highest BCUT2D eigenvalue weighted by molar-refractivity contribution is 6.31. The maximum Gasteiger partial charge on any atom is 0.342 e. The van der Waals surface area contributed by atoms with Gasteiger partial charge in [0.05, 0.1) is 11.4 Å². The first kappa shape index (κ1) is 11.9. The molecule has 0 aromatic heterocycles. The van der Waals surface area contributed by atoms with E-state index in [1.165, 1.54) is 0 Å². The Morgan fingerprint density at radius 3 is 2.47 bits per heavy atom. The van der Waals surface area contributed by atoms with Gasteiger partial charge in [0.2, 0.25) is 0 Å². The molecule has 0 unspecified atom stereocenters. The van der Waals surface area contributed by atoms with Crippen LogP contribution in [-0.4, -0.2) is 12.7 Å². The molecule has 2 aromatic carbocycles. The van der Waals surface area contributed by atoms with E-state index in [2.05, 4.69) is 5.32 Å². The molecule has 0 aliphatic carbocycles. The first-order valence-electron chi connectivity index (χ1n) is 5.92. The summed E-state index contributed by atoms with van der Waals surface area (Å²) in [7, 11) is 0. The Kier molecular flexibility index (Phi) is 3.01. The monoisotopic (exact) mass is 273 g/mol. The van der Waals surface area contributed by atoms with Crippen LogP contribution in [0.4, 0.5) is 16.2 Å². The molecule has 1 aliphatic heterocycles. The molecule has 1 N–H and O–H groups in total. The largest absolute Gasteiger partial charge is 0.342 e. The third-order valence-electron chi connectivity index (χ3n) is 2.92. The number of nitrogens with zero attached hydrogens (tertiary/aromatic N) is 2. The summed E-state index contributed by atoms with van der Waals surface area (Å²) in [4.78, 5) is 12.0. The van der Waals surface area contributed by atoms with Gasteiger partial charge in [-0.3, -0.25) is 5.01 Å². The summed E-state index contributed by atoms with van der Waals surface area (Å²) < 4.78 is 0. The van der Waals surface area contributed by atoms with E-state index in [0.29, 0.717) is 11.7 Å². The predicted molar refractivity (Wildman–Crippen MR) is 76.3 cm³/mol. The van der Waals surface area contributed by atoms with Crippen molar-refractivity contribution in [2.45, 2.75) is 0 Å². The average molecular weight is 274 g/mol. The number of benzene rings is 2. The lowest BCUT2D eigenvalue weighted by Gasteiger charge is -2.27. The molecule has 0 spiro atoms. The molecule has 1 aliphatic rings. The molecule has 2 amide bonds. The van der Waals surface area contributed by atoms with Gasteiger partial charge >= 0.3 is 6.03 Å². The molecule has 3 rings (SSSR count). The summed E-state index contributed by atoms with van der Waals surface area (Å²) in [6.07, 6.45) is 0. The van der Waals surface area contributed by atoms with E-state index in [0.717, 1.165) is 11.4 Å². The van der Waals surface area contributed by atoms with Gasteiger partial charge in [-0.1, -0.05) is 35.9 Å². The number of rotatable bonds is 2. The Morgan fingerprint density at radius 1 is 1.00 bits per heavy atom. The van der Waals surface area contributed by atoms with Crippen LogP contribution in [0.3, 0.4) is 0 Å². The zero-order valence-corrected chi connectivity index (χ0v) is 10.8. The second-order valence-electron chi connectivity index (χ2n) is 4.17. The molecule has 1 fully saturated rings. The number of urea groups is 1. The number of hydrazine groups is 1. The van der Waals surface area contributed by atoms with Crippen LogP contribution in [0.25, 0.3) is 0 Å². The molecule has 4 nitrogen and oxygen atoms in total. The summed E-state index contributed by atoms with van der Waals surface area (Å²) in [6, 6.07) is 16.8. The SMILES string of the molecule is O=C1NCN(c2ccccc2)N1c1cccc(Cl)c1. The highest BCUT2D eigenvalue weighted by Crippen LogP contribution is 2.26. The Bertz CT molecular complexity index is 603. The van der Waals surface area contributed by atoms with Gasteiger partial charge in [0, 0.05) is 5.02 Å². The summed E-state index contributed by atoms with van der Waals surface area (Å²) in [5, 5.41) is 6.86. The second-order valence-corrected chi connectivity index (χ2v) is 4.60. The van der Waals surface area contributed by atoms with Crippen LogP contribution in [0.15, 0.2) is 54.6 Å². The number of carbonyl (C=O) groups is 1. The molecule has 0 radical (unpaired) electrons. The number of amides is 2. The Balaban J connectivity index is 2.00. The van der Waals surface area contributed by atoms with Gasteiger partial charge < -0.3 is 5.32 Å². The van der Waals surface area contributed by atoms with Crippen molar-refractivity contribution < 1.29 is 4.79 Å². The van der Waals surface area contributed by atoms with Crippen LogP contribution in [0, 0.1) is 0 Å². The fourth-order valence-electron chi connectivity index (χ4n) is 2.07. The van der Waals surface area contributed by atoms with E-state index < -0.39 is 0 Å². The van der Waals surface area contributed by atoms with Crippen LogP contribution >= 0.6 is 11.6 Å². The maximum absolute atomic E-state index is 12.0. The fourth-order valence-corrected chi connectivity index (χ4v) is 2.25. The van der Waals surface area contributed by atoms with E-state index in [1.54, 1.807) is 17.1 Å². The summed E-state index contributed by atoms with van der Waals surface area (Å²) in [6.45, 7) is 0.440. The Labute approximate surface area is 116 Å². The van der Waals surface area contributed by atoms with Crippen LogP contribution in [0.2, 0.25) is 5.02 Å². The summed E-state index contributed by atoms with van der Waals surface area (Å²) in [5.41, 5.74) is 1.69. The van der Waals surface area contributed by atoms with E-state index in [4.69, 9.17) is 11.6 Å². The number of hydrogen-bond acceptors (Lipinski definition) is 2. The standard InChI is InChI=1S/C14H12ClN3O/c15-11-5-4-8-13(9-11)18-14(19)16-10-17(18)12-6-2-1-3-7-12/h1-9H,10H2,(H,16,19). The van der Waals surface area contributed by atoms with E-state index in [9.17, 15) is 4.79 Å². The first-order valence-corrected chi connectivity index (χ1v) is 6.29. The number of para-hydroxylation sites is 1. The third-order valence-corrected chi connectivity index (χ3v) is 3.16. The minimum absolute atomic E-state index is 0.161. The molecular weight excluding hydrogens is 262 g/mol. The lowest BCUT2D eigenvalue weighted by Crippen LogP contribution is -2.38. The molecule has 5 heteroatoms. The molecule has 19 heavy (non-hydrogen) atoms. The van der Waals surface area contributed by atoms with Crippen LogP contribution in [-0.2, 0) is 0 Å². The summed E-state index contributed by atoms with van der Waals surface area (Å²) >= 11 is 5.99. The Hall–Kier alpha value is -2.20. The van der Waals surface area contributed by atoms with Crippen molar-refractivity contribution in [1.82, 2.24) is 5.32 Å². The first-order chi connectivity index (χ1) is 9.25.